The molecule has 5 nitrogen and oxygen atoms in total. The highest BCUT2D eigenvalue weighted by molar-refractivity contribution is 5.94. The number of alkyl halides is 2. The second-order valence-electron chi connectivity index (χ2n) is 3.02. The number of hydrogen-bond acceptors (Lipinski definition) is 5. The number of esters is 1. The number of nitrogens with two attached hydrogens (primary N) is 1. The van der Waals surface area contributed by atoms with Gasteiger partial charge in [0, 0.05) is 0 Å². The first-order valence-electron chi connectivity index (χ1n) is 4.80. The number of hydrogen-bond donors (Lipinski definition) is 1. The Morgan fingerprint density at radius 1 is 1.59 bits per heavy atom. The van der Waals surface area contributed by atoms with Crippen LogP contribution in [0.3, 0.4) is 0 Å². The minimum atomic E-state index is -2.86. The molecule has 94 valence electrons. The lowest BCUT2D eigenvalue weighted by Gasteiger charge is -2.12. The zero-order valence-electron chi connectivity index (χ0n) is 9.37. The molecule has 17 heavy (non-hydrogen) atoms. The van der Waals surface area contributed by atoms with Gasteiger partial charge >= 0.3 is 5.97 Å². The summed E-state index contributed by atoms with van der Waals surface area (Å²) in [6.07, 6.45) is -1.84. The van der Waals surface area contributed by atoms with E-state index in [1.807, 2.05) is 0 Å². The first-order valence-corrected chi connectivity index (χ1v) is 4.80. The van der Waals surface area contributed by atoms with Crippen LogP contribution in [0.25, 0.3) is 0 Å². The molecule has 1 heterocycles. The van der Waals surface area contributed by atoms with E-state index in [9.17, 15) is 13.6 Å². The second-order valence-corrected chi connectivity index (χ2v) is 3.02. The summed E-state index contributed by atoms with van der Waals surface area (Å²) in [4.78, 5) is 15.0. The molecule has 0 radical (unpaired) electrons. The van der Waals surface area contributed by atoms with Crippen molar-refractivity contribution in [2.75, 3.05) is 19.5 Å². The average molecular weight is 246 g/mol. The van der Waals surface area contributed by atoms with E-state index in [1.165, 1.54) is 7.11 Å². The van der Waals surface area contributed by atoms with Crippen molar-refractivity contribution in [3.63, 3.8) is 0 Å². The van der Waals surface area contributed by atoms with Gasteiger partial charge in [0.1, 0.15) is 5.75 Å². The van der Waals surface area contributed by atoms with Crippen molar-refractivity contribution in [2.45, 2.75) is 13.3 Å². The number of methoxy groups -OCH3 is 1. The van der Waals surface area contributed by atoms with Crippen molar-refractivity contribution in [3.8, 4) is 5.75 Å². The van der Waals surface area contributed by atoms with Crippen LogP contribution in [0.2, 0.25) is 0 Å². The van der Waals surface area contributed by atoms with Gasteiger partial charge < -0.3 is 15.2 Å². The fraction of sp³-hybridized carbons (Fsp3) is 0.400. The molecule has 7 heteroatoms. The first-order chi connectivity index (χ1) is 8.02. The van der Waals surface area contributed by atoms with E-state index in [4.69, 9.17) is 10.5 Å². The van der Waals surface area contributed by atoms with Crippen LogP contribution in [-0.4, -0.2) is 24.7 Å². The predicted octanol–water partition coefficient (Wildman–Crippen LogP) is 1.79. The quantitative estimate of drug-likeness (QED) is 0.820. The highest BCUT2D eigenvalue weighted by atomic mass is 19.3. The van der Waals surface area contributed by atoms with E-state index >= 15 is 0 Å². The van der Waals surface area contributed by atoms with Gasteiger partial charge in [0.05, 0.1) is 31.2 Å². The Labute approximate surface area is 96.5 Å². The highest BCUT2D eigenvalue weighted by Gasteiger charge is 2.24. The van der Waals surface area contributed by atoms with E-state index in [-0.39, 0.29) is 18.1 Å². The van der Waals surface area contributed by atoms with E-state index in [0.29, 0.717) is 0 Å². The Bertz CT molecular complexity index is 424. The van der Waals surface area contributed by atoms with Gasteiger partial charge in [0.25, 0.3) is 6.43 Å². The third-order valence-corrected chi connectivity index (χ3v) is 2.03. The minimum Gasteiger partial charge on any atom is -0.495 e. The smallest absolute Gasteiger partial charge is 0.359 e. The number of nitrogen functional groups attached to an aromatic ring is 1. The summed E-state index contributed by atoms with van der Waals surface area (Å²) >= 11 is 0. The van der Waals surface area contributed by atoms with Crippen LogP contribution < -0.4 is 10.5 Å². The van der Waals surface area contributed by atoms with E-state index in [2.05, 4.69) is 9.72 Å². The normalized spacial score (nSPS) is 10.4. The van der Waals surface area contributed by atoms with Crippen molar-refractivity contribution in [1.82, 2.24) is 4.98 Å². The standard InChI is InChI=1S/C10H12F2N2O3/c1-3-17-10(15)8-7(13)6(9(11)12)5(16-2)4-14-8/h4,9H,3,13H2,1-2H3. The molecule has 0 unspecified atom stereocenters. The number of rotatable bonds is 4. The molecule has 0 aliphatic rings. The molecule has 0 fully saturated rings. The van der Waals surface area contributed by atoms with Crippen molar-refractivity contribution in [1.29, 1.82) is 0 Å². The summed E-state index contributed by atoms with van der Waals surface area (Å²) in [5.41, 5.74) is 4.17. The first kappa shape index (κ1) is 13.1. The fourth-order valence-corrected chi connectivity index (χ4v) is 1.27. The van der Waals surface area contributed by atoms with Gasteiger partial charge in [-0.2, -0.15) is 0 Å². The largest absolute Gasteiger partial charge is 0.495 e. The molecule has 0 atom stereocenters. The minimum absolute atomic E-state index is 0.107. The Kier molecular flexibility index (Phi) is 4.19. The number of nitrogens with zero attached hydrogens (tertiary/aromatic N) is 1. The number of ether oxygens (including phenoxy) is 2. The second kappa shape index (κ2) is 5.42. The molecule has 0 aliphatic carbocycles. The molecule has 0 saturated carbocycles. The molecule has 0 saturated heterocycles. The number of carbonyl (C=O) groups excluding carboxylic acids is 1. The molecular formula is C10H12F2N2O3. The van der Waals surface area contributed by atoms with Crippen LogP contribution in [0.1, 0.15) is 29.4 Å². The molecule has 0 spiro atoms. The molecular weight excluding hydrogens is 234 g/mol. The summed E-state index contributed by atoms with van der Waals surface area (Å²) < 4.78 is 34.9. The number of anilines is 1. The predicted molar refractivity (Wildman–Crippen MR) is 56.1 cm³/mol. The van der Waals surface area contributed by atoms with E-state index < -0.39 is 23.6 Å². The molecule has 0 amide bonds. The summed E-state index contributed by atoms with van der Waals surface area (Å²) in [6, 6.07) is 0. The van der Waals surface area contributed by atoms with Crippen LogP contribution in [0.5, 0.6) is 5.75 Å². The Balaban J connectivity index is 3.27. The summed E-state index contributed by atoms with van der Waals surface area (Å²) in [6.45, 7) is 1.70. The zero-order valence-corrected chi connectivity index (χ0v) is 9.37. The number of carbonyl (C=O) groups is 1. The zero-order chi connectivity index (χ0) is 13.0. The maximum absolute atomic E-state index is 12.8. The average Bonchev–Trinajstić information content (AvgIpc) is 2.27. The third kappa shape index (κ3) is 2.61. The van der Waals surface area contributed by atoms with Crippen LogP contribution in [0.4, 0.5) is 14.5 Å². The maximum Gasteiger partial charge on any atom is 0.359 e. The summed E-state index contributed by atoms with van der Waals surface area (Å²) in [7, 11) is 1.21. The monoisotopic (exact) mass is 246 g/mol. The van der Waals surface area contributed by atoms with E-state index in [0.717, 1.165) is 6.20 Å². The molecule has 2 N–H and O–H groups in total. The summed E-state index contributed by atoms with van der Waals surface area (Å²) in [5, 5.41) is 0. The molecule has 0 aromatic carbocycles. The van der Waals surface area contributed by atoms with Crippen molar-refractivity contribution < 1.29 is 23.0 Å². The Morgan fingerprint density at radius 2 is 2.24 bits per heavy atom. The lowest BCUT2D eigenvalue weighted by Crippen LogP contribution is -2.13. The highest BCUT2D eigenvalue weighted by Crippen LogP contribution is 2.34. The van der Waals surface area contributed by atoms with Gasteiger partial charge in [-0.05, 0) is 6.92 Å². The SMILES string of the molecule is CCOC(=O)c1ncc(OC)c(C(F)F)c1N. The lowest BCUT2D eigenvalue weighted by molar-refractivity contribution is 0.0520. The van der Waals surface area contributed by atoms with Crippen LogP contribution >= 0.6 is 0 Å². The molecule has 0 aliphatic heterocycles. The van der Waals surface area contributed by atoms with Crippen LogP contribution in [-0.2, 0) is 4.74 Å². The van der Waals surface area contributed by atoms with Crippen LogP contribution in [0.15, 0.2) is 6.20 Å². The topological polar surface area (TPSA) is 74.4 Å². The molecule has 0 bridgehead atoms. The van der Waals surface area contributed by atoms with Crippen molar-refractivity contribution in [2.24, 2.45) is 0 Å². The van der Waals surface area contributed by atoms with Crippen LogP contribution in [0, 0.1) is 0 Å². The number of halogens is 2. The third-order valence-electron chi connectivity index (χ3n) is 2.03. The molecule has 1 aromatic heterocycles. The van der Waals surface area contributed by atoms with Gasteiger partial charge in [-0.15, -0.1) is 0 Å². The maximum atomic E-state index is 12.8. The van der Waals surface area contributed by atoms with Gasteiger partial charge in [0.2, 0.25) is 0 Å². The molecule has 1 aromatic rings. The lowest BCUT2D eigenvalue weighted by atomic mass is 10.1. The number of aromatic nitrogens is 1. The molecule has 1 rings (SSSR count). The van der Waals surface area contributed by atoms with Gasteiger partial charge in [-0.1, -0.05) is 0 Å². The number of pyridine rings is 1. The van der Waals surface area contributed by atoms with Gasteiger partial charge in [0.15, 0.2) is 5.69 Å². The van der Waals surface area contributed by atoms with Crippen molar-refractivity contribution in [3.05, 3.63) is 17.5 Å². The van der Waals surface area contributed by atoms with Gasteiger partial charge in [-0.3, -0.25) is 0 Å². The Morgan fingerprint density at radius 3 is 2.71 bits per heavy atom. The summed E-state index contributed by atoms with van der Waals surface area (Å²) in [5.74, 6) is -1.000. The Hall–Kier alpha value is -1.92. The van der Waals surface area contributed by atoms with E-state index in [1.54, 1.807) is 6.92 Å². The van der Waals surface area contributed by atoms with Gasteiger partial charge in [-0.25, -0.2) is 18.6 Å². The fourth-order valence-electron chi connectivity index (χ4n) is 1.27. The van der Waals surface area contributed by atoms with Crippen molar-refractivity contribution >= 4 is 11.7 Å².